The molecule has 1 aromatic carbocycles. The van der Waals surface area contributed by atoms with Crippen molar-refractivity contribution in [1.82, 2.24) is 10.6 Å². The van der Waals surface area contributed by atoms with Crippen LogP contribution in [-0.4, -0.2) is 42.5 Å². The highest BCUT2D eigenvalue weighted by molar-refractivity contribution is 5.78. The van der Waals surface area contributed by atoms with E-state index >= 15 is 0 Å². The van der Waals surface area contributed by atoms with Crippen LogP contribution in [0.3, 0.4) is 0 Å². The maximum absolute atomic E-state index is 11.8. The SMILES string of the molecule is C=C(NCCC(=O)CCC)NCc1ccc(C2CC3(C)C(O)CCC3C3CCC4CC5(CCC4=C23)OCC(C)(C)CO5)cc1.CCC. The first-order valence-electron chi connectivity index (χ1n) is 18.9. The molecule has 47 heavy (non-hydrogen) atoms. The molecule has 4 fully saturated rings. The Balaban J connectivity index is 0.00000139. The minimum Gasteiger partial charge on any atom is -0.393 e. The highest BCUT2D eigenvalue weighted by Gasteiger charge is 2.57. The maximum atomic E-state index is 11.8. The van der Waals surface area contributed by atoms with Crippen LogP contribution in [0.2, 0.25) is 0 Å². The van der Waals surface area contributed by atoms with Crippen molar-refractivity contribution >= 4 is 5.78 Å². The van der Waals surface area contributed by atoms with Gasteiger partial charge in [0, 0.05) is 50.1 Å². The van der Waals surface area contributed by atoms with E-state index in [0.29, 0.717) is 55.4 Å². The number of carbonyl (C=O) groups is 1. The Bertz CT molecular complexity index is 1260. The van der Waals surface area contributed by atoms with Crippen LogP contribution in [0.5, 0.6) is 0 Å². The molecular weight excluding hydrogens is 584 g/mol. The molecular formula is C41H64N2O4. The fourth-order valence-corrected chi connectivity index (χ4v) is 9.40. The number of ketones is 1. The first-order valence-corrected chi connectivity index (χ1v) is 18.9. The monoisotopic (exact) mass is 648 g/mol. The van der Waals surface area contributed by atoms with E-state index in [4.69, 9.17) is 9.47 Å². The number of aliphatic hydroxyl groups excluding tert-OH is 1. The summed E-state index contributed by atoms with van der Waals surface area (Å²) in [6.45, 7) is 20.1. The van der Waals surface area contributed by atoms with Gasteiger partial charge in [-0.25, -0.2) is 0 Å². The van der Waals surface area contributed by atoms with Crippen molar-refractivity contribution in [3.8, 4) is 0 Å². The molecule has 0 amide bonds. The van der Waals surface area contributed by atoms with Gasteiger partial charge in [0.1, 0.15) is 5.78 Å². The summed E-state index contributed by atoms with van der Waals surface area (Å²) in [6.07, 6.45) is 11.7. The number of ether oxygens (including phenoxy) is 2. The lowest BCUT2D eigenvalue weighted by Crippen LogP contribution is -2.52. The maximum Gasteiger partial charge on any atom is 0.169 e. The largest absolute Gasteiger partial charge is 0.393 e. The Kier molecular flexibility index (Phi) is 11.7. The first-order chi connectivity index (χ1) is 22.4. The van der Waals surface area contributed by atoms with Gasteiger partial charge >= 0.3 is 0 Å². The Morgan fingerprint density at radius 1 is 0.957 bits per heavy atom. The second kappa shape index (κ2) is 15.2. The summed E-state index contributed by atoms with van der Waals surface area (Å²) in [4.78, 5) is 11.8. The molecule has 0 aromatic heterocycles. The topological polar surface area (TPSA) is 79.8 Å². The number of aliphatic hydroxyl groups is 1. The van der Waals surface area contributed by atoms with E-state index in [1.54, 1.807) is 11.1 Å². The number of hydrogen-bond donors (Lipinski definition) is 3. The fourth-order valence-electron chi connectivity index (χ4n) is 9.40. The number of Topliss-reactive ketones (excluding diaryl/α,β-unsaturated/α-hetero) is 1. The zero-order valence-electron chi connectivity index (χ0n) is 30.4. The highest BCUT2D eigenvalue weighted by atomic mass is 16.7. The Morgan fingerprint density at radius 3 is 2.34 bits per heavy atom. The van der Waals surface area contributed by atoms with E-state index in [2.05, 4.69) is 76.1 Å². The zero-order valence-corrected chi connectivity index (χ0v) is 30.4. The van der Waals surface area contributed by atoms with Crippen LogP contribution in [-0.2, 0) is 20.8 Å². The van der Waals surface area contributed by atoms with E-state index in [0.717, 1.165) is 64.0 Å². The van der Waals surface area contributed by atoms with Crippen molar-refractivity contribution in [2.45, 2.75) is 143 Å². The van der Waals surface area contributed by atoms with Crippen LogP contribution in [0, 0.1) is 28.6 Å². The van der Waals surface area contributed by atoms with Gasteiger partial charge in [0.25, 0.3) is 0 Å². The Hall–Kier alpha value is -2.15. The molecule has 1 aromatic rings. The quantitative estimate of drug-likeness (QED) is 0.221. The van der Waals surface area contributed by atoms with Crippen LogP contribution in [0.15, 0.2) is 47.8 Å². The second-order valence-corrected chi connectivity index (χ2v) is 16.4. The van der Waals surface area contributed by atoms with Crippen molar-refractivity contribution < 1.29 is 19.4 Å². The number of rotatable bonds is 10. The molecule has 1 spiro atoms. The summed E-state index contributed by atoms with van der Waals surface area (Å²) in [6, 6.07) is 9.17. The molecule has 6 atom stereocenters. The van der Waals surface area contributed by atoms with Gasteiger partial charge < -0.3 is 25.2 Å². The van der Waals surface area contributed by atoms with Gasteiger partial charge in [0.05, 0.1) is 25.1 Å². The number of fused-ring (bicyclic) bond motifs is 4. The van der Waals surface area contributed by atoms with Crippen molar-refractivity contribution in [3.05, 3.63) is 58.9 Å². The van der Waals surface area contributed by atoms with Crippen molar-refractivity contribution in [3.63, 3.8) is 0 Å². The molecule has 6 nitrogen and oxygen atoms in total. The molecule has 1 saturated heterocycles. The summed E-state index contributed by atoms with van der Waals surface area (Å²) in [5, 5.41) is 17.9. The normalized spacial score (nSPS) is 31.9. The van der Waals surface area contributed by atoms with Gasteiger partial charge in [0.15, 0.2) is 5.79 Å². The van der Waals surface area contributed by atoms with Crippen LogP contribution in [0.25, 0.3) is 0 Å². The van der Waals surface area contributed by atoms with Crippen molar-refractivity contribution in [2.75, 3.05) is 19.8 Å². The predicted molar refractivity (Wildman–Crippen MR) is 191 cm³/mol. The molecule has 6 rings (SSSR count). The third-order valence-corrected chi connectivity index (χ3v) is 11.9. The summed E-state index contributed by atoms with van der Waals surface area (Å²) >= 11 is 0. The van der Waals surface area contributed by atoms with E-state index < -0.39 is 5.79 Å². The van der Waals surface area contributed by atoms with Gasteiger partial charge in [-0.3, -0.25) is 4.79 Å². The fraction of sp³-hybridized carbons (Fsp3) is 0.732. The first kappa shape index (κ1) is 36.1. The molecule has 262 valence electrons. The van der Waals surface area contributed by atoms with Crippen LogP contribution >= 0.6 is 0 Å². The van der Waals surface area contributed by atoms with Gasteiger partial charge in [-0.2, -0.15) is 0 Å². The predicted octanol–water partition coefficient (Wildman–Crippen LogP) is 8.55. The molecule has 4 aliphatic carbocycles. The minimum atomic E-state index is -0.405. The van der Waals surface area contributed by atoms with Gasteiger partial charge in [0.2, 0.25) is 0 Å². The second-order valence-electron chi connectivity index (χ2n) is 16.4. The lowest BCUT2D eigenvalue weighted by molar-refractivity contribution is -0.312. The molecule has 6 unspecified atom stereocenters. The van der Waals surface area contributed by atoms with E-state index in [1.807, 2.05) is 6.92 Å². The molecule has 1 aliphatic heterocycles. The smallest absolute Gasteiger partial charge is 0.169 e. The molecule has 1 heterocycles. The average Bonchev–Trinajstić information content (AvgIpc) is 3.35. The number of carbonyl (C=O) groups excluding carboxylic acids is 1. The Morgan fingerprint density at radius 2 is 1.66 bits per heavy atom. The average molecular weight is 649 g/mol. The van der Waals surface area contributed by atoms with Crippen molar-refractivity contribution in [2.24, 2.45) is 28.6 Å². The molecule has 0 bridgehead atoms. The third kappa shape index (κ3) is 8.02. The number of allylic oxidation sites excluding steroid dienone is 2. The van der Waals surface area contributed by atoms with Gasteiger partial charge in [-0.05, 0) is 79.2 Å². The molecule has 3 saturated carbocycles. The van der Waals surface area contributed by atoms with E-state index in [9.17, 15) is 9.90 Å². The highest BCUT2D eigenvalue weighted by Crippen LogP contribution is 2.65. The minimum absolute atomic E-state index is 0.0224. The lowest BCUT2D eigenvalue weighted by atomic mass is 9.52. The third-order valence-electron chi connectivity index (χ3n) is 11.9. The van der Waals surface area contributed by atoms with E-state index in [1.165, 1.54) is 30.4 Å². The van der Waals surface area contributed by atoms with E-state index in [-0.39, 0.29) is 16.9 Å². The summed E-state index contributed by atoms with van der Waals surface area (Å²) in [7, 11) is 0. The lowest BCUT2D eigenvalue weighted by Gasteiger charge is -2.55. The Labute approximate surface area is 285 Å². The summed E-state index contributed by atoms with van der Waals surface area (Å²) in [5.74, 6) is 2.69. The van der Waals surface area contributed by atoms with Crippen LogP contribution < -0.4 is 10.6 Å². The zero-order chi connectivity index (χ0) is 33.8. The molecule has 5 aliphatic rings. The van der Waals surface area contributed by atoms with Gasteiger partial charge in [-0.1, -0.05) is 90.0 Å². The number of hydrogen-bond acceptors (Lipinski definition) is 6. The van der Waals surface area contributed by atoms with Crippen LogP contribution in [0.4, 0.5) is 0 Å². The molecule has 6 heteroatoms. The standard InChI is InChI=1S/C38H56N2O4.C3H8/c1-6-7-29(41)17-19-39-25(2)40-22-26-8-10-27(11-9-26)32-21-37(5)33(14-15-34(37)42)31-13-12-28-20-38(18-16-30(28)35(31)32)43-23-36(3,4)24-44-38;1-3-2/h8-11,28,31-34,39-40,42H,2,6-7,12-24H2,1,3-5H3;3H2,1-2H3. The number of nitrogens with one attached hydrogen (secondary N) is 2. The van der Waals surface area contributed by atoms with Crippen LogP contribution in [0.1, 0.15) is 136 Å². The molecule has 0 radical (unpaired) electrons. The number of benzene rings is 1. The van der Waals surface area contributed by atoms with Crippen molar-refractivity contribution in [1.29, 1.82) is 0 Å². The summed E-state index contributed by atoms with van der Waals surface area (Å²) in [5.41, 5.74) is 6.08. The van der Waals surface area contributed by atoms with Gasteiger partial charge in [-0.15, -0.1) is 0 Å². The summed E-state index contributed by atoms with van der Waals surface area (Å²) < 4.78 is 13.0. The molecule has 3 N–H and O–H groups in total.